The van der Waals surface area contributed by atoms with Gasteiger partial charge in [-0.25, -0.2) is 0 Å². The zero-order valence-electron chi connectivity index (χ0n) is 7.16. The van der Waals surface area contributed by atoms with Crippen molar-refractivity contribution >= 4 is 12.3 Å². The lowest BCUT2D eigenvalue weighted by Crippen LogP contribution is -2.49. The fraction of sp³-hybridized carbons (Fsp3) is 0.667. The van der Waals surface area contributed by atoms with E-state index < -0.39 is 0 Å². The van der Waals surface area contributed by atoms with Gasteiger partial charge in [-0.15, -0.1) is 11.1 Å². The summed E-state index contributed by atoms with van der Waals surface area (Å²) in [5, 5.41) is 0.773. The Hall–Kier alpha value is -0.980. The van der Waals surface area contributed by atoms with Crippen LogP contribution in [0.4, 0.5) is 0 Å². The molecule has 0 bridgehead atoms. The number of amides is 2. The minimum Gasteiger partial charge on any atom is -0.286 e. The molecule has 0 aromatic rings. The minimum absolute atomic E-state index is 0.250. The molecule has 70 valence electrons. The van der Waals surface area contributed by atoms with Crippen LogP contribution >= 0.6 is 0 Å². The normalized spacial score (nSPS) is 9.50. The highest BCUT2D eigenvalue weighted by Gasteiger charge is 2.08. The van der Waals surface area contributed by atoms with Crippen molar-refractivity contribution in [2.75, 3.05) is 6.61 Å². The second-order valence-corrected chi connectivity index (χ2v) is 1.87. The molecule has 6 nitrogen and oxygen atoms in total. The predicted octanol–water partition coefficient (Wildman–Crippen LogP) is -0.658. The summed E-state index contributed by atoms with van der Waals surface area (Å²) in [5.74, 6) is -0.336. The maximum absolute atomic E-state index is 10.9. The van der Waals surface area contributed by atoms with Crippen molar-refractivity contribution in [1.82, 2.24) is 16.1 Å². The first kappa shape index (κ1) is 11.0. The lowest BCUT2D eigenvalue weighted by atomic mass is 10.4. The van der Waals surface area contributed by atoms with Gasteiger partial charge in [-0.05, 0) is 6.92 Å². The minimum atomic E-state index is -0.336. The molecule has 0 aliphatic rings. The van der Waals surface area contributed by atoms with Gasteiger partial charge in [0, 0.05) is 6.42 Å². The van der Waals surface area contributed by atoms with E-state index in [1.54, 1.807) is 13.8 Å². The fourth-order valence-electron chi connectivity index (χ4n) is 0.471. The molecule has 0 fully saturated rings. The second kappa shape index (κ2) is 6.71. The average Bonchev–Trinajstić information content (AvgIpc) is 2.11. The number of hydrogen-bond donors (Lipinski definition) is 2. The smallest absolute Gasteiger partial charge is 0.244 e. The van der Waals surface area contributed by atoms with Crippen molar-refractivity contribution in [2.45, 2.75) is 20.3 Å². The number of nitrogens with one attached hydrogen (secondary N) is 2. The van der Waals surface area contributed by atoms with Crippen LogP contribution in [0.15, 0.2) is 0 Å². The molecule has 0 unspecified atom stereocenters. The summed E-state index contributed by atoms with van der Waals surface area (Å²) in [4.78, 5) is 25.8. The third kappa shape index (κ3) is 4.02. The van der Waals surface area contributed by atoms with Gasteiger partial charge in [0.2, 0.25) is 12.3 Å². The number of nitrogens with zero attached hydrogens (tertiary/aromatic N) is 1. The molecular formula is C6H13N3O3. The van der Waals surface area contributed by atoms with Gasteiger partial charge in [-0.1, -0.05) is 6.92 Å². The Labute approximate surface area is 70.8 Å². The average molecular weight is 175 g/mol. The van der Waals surface area contributed by atoms with Gasteiger partial charge in [0.1, 0.15) is 0 Å². The van der Waals surface area contributed by atoms with Crippen LogP contribution < -0.4 is 11.1 Å². The van der Waals surface area contributed by atoms with E-state index in [1.165, 1.54) is 0 Å². The van der Waals surface area contributed by atoms with E-state index in [4.69, 9.17) is 0 Å². The largest absolute Gasteiger partial charge is 0.286 e. The molecule has 2 amide bonds. The number of hydrogen-bond acceptors (Lipinski definition) is 5. The van der Waals surface area contributed by atoms with Gasteiger partial charge in [-0.2, -0.15) is 5.01 Å². The molecule has 0 saturated carbocycles. The number of carbonyl (C=O) groups is 2. The number of rotatable bonds is 6. The van der Waals surface area contributed by atoms with Crippen molar-refractivity contribution in [3.8, 4) is 0 Å². The van der Waals surface area contributed by atoms with Crippen LogP contribution in [0, 0.1) is 0 Å². The molecule has 2 N–H and O–H groups in total. The van der Waals surface area contributed by atoms with Crippen LogP contribution in [0.25, 0.3) is 0 Å². The van der Waals surface area contributed by atoms with E-state index in [0.29, 0.717) is 13.0 Å². The molecule has 0 rings (SSSR count). The number of imide groups is 1. The van der Waals surface area contributed by atoms with Gasteiger partial charge in [0.15, 0.2) is 0 Å². The summed E-state index contributed by atoms with van der Waals surface area (Å²) in [5.41, 5.74) is 4.49. The summed E-state index contributed by atoms with van der Waals surface area (Å²) >= 11 is 0. The summed E-state index contributed by atoms with van der Waals surface area (Å²) in [7, 11) is 0. The molecule has 0 aromatic heterocycles. The first-order chi connectivity index (χ1) is 5.76. The Bertz CT molecular complexity index is 151. The van der Waals surface area contributed by atoms with Crippen LogP contribution in [0.2, 0.25) is 0 Å². The van der Waals surface area contributed by atoms with Crippen molar-refractivity contribution in [1.29, 1.82) is 0 Å². The van der Waals surface area contributed by atoms with Crippen LogP contribution in [0.5, 0.6) is 0 Å². The van der Waals surface area contributed by atoms with Gasteiger partial charge < -0.3 is 0 Å². The molecule has 0 saturated heterocycles. The fourth-order valence-corrected chi connectivity index (χ4v) is 0.471. The lowest BCUT2D eigenvalue weighted by Gasteiger charge is -2.15. The van der Waals surface area contributed by atoms with Crippen LogP contribution in [-0.4, -0.2) is 23.9 Å². The first-order valence-electron chi connectivity index (χ1n) is 3.66. The third-order valence-electron chi connectivity index (χ3n) is 1.06. The zero-order valence-corrected chi connectivity index (χ0v) is 7.16. The molecule has 0 aromatic carbocycles. The summed E-state index contributed by atoms with van der Waals surface area (Å²) in [6.07, 6.45) is 0.622. The molecule has 0 spiro atoms. The number of hydrazine groups is 2. The second-order valence-electron chi connectivity index (χ2n) is 1.87. The van der Waals surface area contributed by atoms with Crippen LogP contribution in [0.1, 0.15) is 20.3 Å². The van der Waals surface area contributed by atoms with Gasteiger partial charge in [-0.3, -0.25) is 14.4 Å². The highest BCUT2D eigenvalue weighted by molar-refractivity contribution is 5.84. The Morgan fingerprint density at radius 1 is 1.58 bits per heavy atom. The van der Waals surface area contributed by atoms with Gasteiger partial charge in [0.25, 0.3) is 0 Å². The standard InChI is InChI=1S/C6H13N3O3/c1-3-6(11)9(5-10)7-8-12-4-2/h5,7-8H,3-4H2,1-2H3. The highest BCUT2D eigenvalue weighted by atomic mass is 16.7. The maximum atomic E-state index is 10.9. The SMILES string of the molecule is CCONNN(C=O)C(=O)CC. The summed E-state index contributed by atoms with van der Waals surface area (Å²) in [6, 6.07) is 0. The molecular weight excluding hydrogens is 162 g/mol. The van der Waals surface area contributed by atoms with E-state index in [9.17, 15) is 9.59 Å². The van der Waals surface area contributed by atoms with Crippen molar-refractivity contribution in [2.24, 2.45) is 0 Å². The third-order valence-corrected chi connectivity index (χ3v) is 1.06. The molecule has 6 heteroatoms. The van der Waals surface area contributed by atoms with Crippen molar-refractivity contribution in [3.05, 3.63) is 0 Å². The Balaban J connectivity index is 3.67. The monoisotopic (exact) mass is 175 g/mol. The van der Waals surface area contributed by atoms with Crippen molar-refractivity contribution < 1.29 is 14.4 Å². The topological polar surface area (TPSA) is 70.7 Å². The van der Waals surface area contributed by atoms with E-state index in [0.717, 1.165) is 5.01 Å². The molecule has 0 heterocycles. The molecule has 0 aliphatic carbocycles. The summed E-state index contributed by atoms with van der Waals surface area (Å²) in [6.45, 7) is 3.85. The Morgan fingerprint density at radius 2 is 2.25 bits per heavy atom. The van der Waals surface area contributed by atoms with E-state index in [1.807, 2.05) is 0 Å². The number of carbonyl (C=O) groups excluding carboxylic acids is 2. The zero-order chi connectivity index (χ0) is 9.40. The van der Waals surface area contributed by atoms with Gasteiger partial charge in [0.05, 0.1) is 6.61 Å². The maximum Gasteiger partial charge on any atom is 0.244 e. The first-order valence-corrected chi connectivity index (χ1v) is 3.66. The van der Waals surface area contributed by atoms with Gasteiger partial charge >= 0.3 is 0 Å². The summed E-state index contributed by atoms with van der Waals surface area (Å²) < 4.78 is 0. The quantitative estimate of drug-likeness (QED) is 0.318. The molecule has 0 aliphatic heterocycles. The molecule has 0 radical (unpaired) electrons. The van der Waals surface area contributed by atoms with E-state index in [-0.39, 0.29) is 12.3 Å². The Morgan fingerprint density at radius 3 is 2.67 bits per heavy atom. The van der Waals surface area contributed by atoms with Crippen molar-refractivity contribution in [3.63, 3.8) is 0 Å². The van der Waals surface area contributed by atoms with Crippen LogP contribution in [0.3, 0.4) is 0 Å². The van der Waals surface area contributed by atoms with Crippen LogP contribution in [-0.2, 0) is 14.4 Å². The van der Waals surface area contributed by atoms with E-state index in [2.05, 4.69) is 16.0 Å². The molecule has 12 heavy (non-hydrogen) atoms. The molecule has 0 atom stereocenters. The van der Waals surface area contributed by atoms with E-state index >= 15 is 0 Å². The highest BCUT2D eigenvalue weighted by Crippen LogP contribution is 1.83. The lowest BCUT2D eigenvalue weighted by molar-refractivity contribution is -0.148. The predicted molar refractivity (Wildman–Crippen MR) is 41.1 cm³/mol. The Kier molecular flexibility index (Phi) is 6.16.